The van der Waals surface area contributed by atoms with Gasteiger partial charge in [0.15, 0.2) is 17.5 Å². The number of para-hydroxylation sites is 2. The van der Waals surface area contributed by atoms with Crippen molar-refractivity contribution in [1.29, 1.82) is 0 Å². The number of rotatable bonds is 7. The minimum absolute atomic E-state index is 0.347. The fraction of sp³-hybridized carbons (Fsp3) is 0.136. The second-order valence-corrected chi connectivity index (χ2v) is 5.95. The summed E-state index contributed by atoms with van der Waals surface area (Å²) in [5.41, 5.74) is 7.83. The number of anilines is 1. The van der Waals surface area contributed by atoms with Gasteiger partial charge in [-0.3, -0.25) is 0 Å². The zero-order chi connectivity index (χ0) is 19.8. The molecular formula is C22H23N3O3. The van der Waals surface area contributed by atoms with Gasteiger partial charge in [-0.1, -0.05) is 24.3 Å². The van der Waals surface area contributed by atoms with Crippen molar-refractivity contribution in [3.63, 3.8) is 0 Å². The van der Waals surface area contributed by atoms with E-state index in [1.54, 1.807) is 14.2 Å². The minimum atomic E-state index is 0.347. The van der Waals surface area contributed by atoms with E-state index in [1.165, 1.54) is 0 Å². The first-order valence-electron chi connectivity index (χ1n) is 8.79. The van der Waals surface area contributed by atoms with Crippen LogP contribution in [0.25, 0.3) is 0 Å². The van der Waals surface area contributed by atoms with Crippen LogP contribution in [0.5, 0.6) is 23.0 Å². The summed E-state index contributed by atoms with van der Waals surface area (Å²) < 4.78 is 16.3. The van der Waals surface area contributed by atoms with Crippen molar-refractivity contribution in [2.75, 3.05) is 19.5 Å². The first kappa shape index (κ1) is 19.1. The van der Waals surface area contributed by atoms with Crippen LogP contribution < -0.4 is 25.3 Å². The Kier molecular flexibility index (Phi) is 6.36. The molecule has 144 valence electrons. The third-order valence-corrected chi connectivity index (χ3v) is 4.01. The largest absolute Gasteiger partial charge is 0.497 e. The van der Waals surface area contributed by atoms with Crippen molar-refractivity contribution in [3.05, 3.63) is 78.4 Å². The van der Waals surface area contributed by atoms with E-state index in [2.05, 4.69) is 10.3 Å². The average Bonchev–Trinajstić information content (AvgIpc) is 2.74. The molecule has 0 aliphatic heterocycles. The number of methoxy groups -OCH3 is 2. The molecule has 3 aromatic rings. The highest BCUT2D eigenvalue weighted by molar-refractivity contribution is 5.92. The highest BCUT2D eigenvalue weighted by atomic mass is 16.5. The number of nitrogens with one attached hydrogen (secondary N) is 1. The molecule has 0 aromatic heterocycles. The van der Waals surface area contributed by atoms with E-state index in [0.717, 1.165) is 22.7 Å². The molecule has 0 atom stereocenters. The van der Waals surface area contributed by atoms with E-state index >= 15 is 0 Å². The average molecular weight is 377 g/mol. The second-order valence-electron chi connectivity index (χ2n) is 5.95. The lowest BCUT2D eigenvalue weighted by Crippen LogP contribution is -2.22. The van der Waals surface area contributed by atoms with Gasteiger partial charge in [0.05, 0.1) is 20.8 Å². The maximum atomic E-state index is 5.96. The number of benzene rings is 3. The Morgan fingerprint density at radius 3 is 2.11 bits per heavy atom. The first-order valence-corrected chi connectivity index (χ1v) is 8.79. The molecule has 6 nitrogen and oxygen atoms in total. The molecule has 6 heteroatoms. The van der Waals surface area contributed by atoms with Crippen LogP contribution in [0.15, 0.2) is 77.8 Å². The molecule has 0 radical (unpaired) electrons. The molecule has 0 heterocycles. The van der Waals surface area contributed by atoms with Crippen LogP contribution in [0, 0.1) is 0 Å². The van der Waals surface area contributed by atoms with E-state index in [0.29, 0.717) is 24.0 Å². The summed E-state index contributed by atoms with van der Waals surface area (Å²) in [5, 5.41) is 3.05. The SMILES string of the molecule is COc1ccc(NC(N)=NCc2ccc(Oc3ccccc3OC)cc2)cc1. The van der Waals surface area contributed by atoms with Crippen molar-refractivity contribution >= 4 is 11.6 Å². The van der Waals surface area contributed by atoms with Gasteiger partial charge in [0.2, 0.25) is 0 Å². The van der Waals surface area contributed by atoms with Crippen molar-refractivity contribution in [1.82, 2.24) is 0 Å². The van der Waals surface area contributed by atoms with E-state index in [1.807, 2.05) is 72.8 Å². The lowest BCUT2D eigenvalue weighted by Gasteiger charge is -2.10. The monoisotopic (exact) mass is 377 g/mol. The van der Waals surface area contributed by atoms with Gasteiger partial charge in [0.25, 0.3) is 0 Å². The molecule has 0 saturated carbocycles. The van der Waals surface area contributed by atoms with Crippen LogP contribution in [0.3, 0.4) is 0 Å². The molecule has 0 bridgehead atoms. The zero-order valence-electron chi connectivity index (χ0n) is 15.9. The van der Waals surface area contributed by atoms with Crippen molar-refractivity contribution in [2.24, 2.45) is 10.7 Å². The highest BCUT2D eigenvalue weighted by Gasteiger charge is 2.04. The fourth-order valence-corrected chi connectivity index (χ4v) is 2.53. The fourth-order valence-electron chi connectivity index (χ4n) is 2.53. The molecule has 28 heavy (non-hydrogen) atoms. The van der Waals surface area contributed by atoms with Crippen molar-refractivity contribution in [2.45, 2.75) is 6.54 Å². The lowest BCUT2D eigenvalue weighted by atomic mass is 10.2. The highest BCUT2D eigenvalue weighted by Crippen LogP contribution is 2.30. The van der Waals surface area contributed by atoms with Crippen LogP contribution in [0.2, 0.25) is 0 Å². The molecule has 0 aliphatic carbocycles. The zero-order valence-corrected chi connectivity index (χ0v) is 15.9. The van der Waals surface area contributed by atoms with Gasteiger partial charge in [-0.2, -0.15) is 0 Å². The lowest BCUT2D eigenvalue weighted by molar-refractivity contribution is 0.379. The Balaban J connectivity index is 1.58. The van der Waals surface area contributed by atoms with Crippen LogP contribution >= 0.6 is 0 Å². The molecule has 3 rings (SSSR count). The Labute approximate surface area is 164 Å². The number of ether oxygens (including phenoxy) is 3. The molecule has 0 amide bonds. The summed E-state index contributed by atoms with van der Waals surface area (Å²) in [6.07, 6.45) is 0. The smallest absolute Gasteiger partial charge is 0.193 e. The molecular weight excluding hydrogens is 354 g/mol. The molecule has 0 fully saturated rings. The maximum Gasteiger partial charge on any atom is 0.193 e. The third kappa shape index (κ3) is 5.17. The number of hydrogen-bond donors (Lipinski definition) is 2. The Hall–Kier alpha value is -3.67. The molecule has 0 spiro atoms. The topological polar surface area (TPSA) is 78.1 Å². The summed E-state index contributed by atoms with van der Waals surface area (Å²) in [4.78, 5) is 4.36. The van der Waals surface area contributed by atoms with Gasteiger partial charge >= 0.3 is 0 Å². The third-order valence-electron chi connectivity index (χ3n) is 4.01. The van der Waals surface area contributed by atoms with Gasteiger partial charge in [-0.05, 0) is 54.1 Å². The predicted molar refractivity (Wildman–Crippen MR) is 111 cm³/mol. The summed E-state index contributed by atoms with van der Waals surface area (Å²) in [5.74, 6) is 3.22. The Morgan fingerprint density at radius 1 is 0.821 bits per heavy atom. The van der Waals surface area contributed by atoms with Crippen LogP contribution in [0.1, 0.15) is 5.56 Å². The second kappa shape index (κ2) is 9.32. The Bertz CT molecular complexity index is 923. The van der Waals surface area contributed by atoms with E-state index in [9.17, 15) is 0 Å². The Morgan fingerprint density at radius 2 is 1.46 bits per heavy atom. The standard InChI is InChI=1S/C22H23N3O3/c1-26-18-13-9-17(10-14-18)25-22(23)24-15-16-7-11-19(12-8-16)28-21-6-4-3-5-20(21)27-2/h3-14H,15H2,1-2H3,(H3,23,24,25). The van der Waals surface area contributed by atoms with Crippen LogP contribution in [0.4, 0.5) is 5.69 Å². The number of hydrogen-bond acceptors (Lipinski definition) is 4. The summed E-state index contributed by atoms with van der Waals surface area (Å²) >= 11 is 0. The first-order chi connectivity index (χ1) is 13.7. The number of nitrogens with two attached hydrogens (primary N) is 1. The number of guanidine groups is 1. The molecule has 0 unspecified atom stereocenters. The van der Waals surface area contributed by atoms with Crippen molar-refractivity contribution in [3.8, 4) is 23.0 Å². The van der Waals surface area contributed by atoms with E-state index in [-0.39, 0.29) is 0 Å². The minimum Gasteiger partial charge on any atom is -0.497 e. The number of aliphatic imine (C=N–C) groups is 1. The summed E-state index contributed by atoms with van der Waals surface area (Å²) in [6.45, 7) is 0.462. The molecule has 0 saturated heterocycles. The normalized spacial score (nSPS) is 11.0. The molecule has 3 aromatic carbocycles. The van der Waals surface area contributed by atoms with Crippen LogP contribution in [-0.4, -0.2) is 20.2 Å². The predicted octanol–water partition coefficient (Wildman–Crippen LogP) is 4.42. The van der Waals surface area contributed by atoms with Gasteiger partial charge in [-0.25, -0.2) is 4.99 Å². The van der Waals surface area contributed by atoms with Gasteiger partial charge in [0.1, 0.15) is 11.5 Å². The van der Waals surface area contributed by atoms with E-state index < -0.39 is 0 Å². The quantitative estimate of drug-likeness (QED) is 0.471. The molecule has 0 aliphatic rings. The number of nitrogens with zero attached hydrogens (tertiary/aromatic N) is 1. The van der Waals surface area contributed by atoms with Crippen LogP contribution in [-0.2, 0) is 6.54 Å². The van der Waals surface area contributed by atoms with E-state index in [4.69, 9.17) is 19.9 Å². The summed E-state index contributed by atoms with van der Waals surface area (Å²) in [6, 6.07) is 22.7. The molecule has 3 N–H and O–H groups in total. The van der Waals surface area contributed by atoms with Crippen molar-refractivity contribution < 1.29 is 14.2 Å². The van der Waals surface area contributed by atoms with Gasteiger partial charge in [0, 0.05) is 5.69 Å². The summed E-state index contributed by atoms with van der Waals surface area (Å²) in [7, 11) is 3.25. The van der Waals surface area contributed by atoms with Gasteiger partial charge in [-0.15, -0.1) is 0 Å². The maximum absolute atomic E-state index is 5.96. The van der Waals surface area contributed by atoms with Gasteiger partial charge < -0.3 is 25.3 Å².